The van der Waals surface area contributed by atoms with Crippen LogP contribution < -0.4 is 0 Å². The van der Waals surface area contributed by atoms with E-state index in [2.05, 4.69) is 39.5 Å². The van der Waals surface area contributed by atoms with E-state index in [0.29, 0.717) is 5.92 Å². The molecule has 0 spiro atoms. The largest absolute Gasteiger partial charge is 0.126 e. The van der Waals surface area contributed by atoms with E-state index in [9.17, 15) is 0 Å². The Hall–Kier alpha value is -0.480. The predicted molar refractivity (Wildman–Crippen MR) is 47.0 cm³/mol. The third-order valence-corrected chi connectivity index (χ3v) is 1.79. The minimum atomic E-state index is 0.682. The fourth-order valence-corrected chi connectivity index (χ4v) is 0.504. The molecular weight excluding hydrogens is 120 g/mol. The van der Waals surface area contributed by atoms with E-state index in [1.165, 1.54) is 12.0 Å². The fraction of sp³-hybridized carbons (Fsp3) is 0.700. The van der Waals surface area contributed by atoms with Gasteiger partial charge in [0.15, 0.2) is 0 Å². The average Bonchev–Trinajstić information content (AvgIpc) is 1.99. The van der Waals surface area contributed by atoms with E-state index in [1.54, 1.807) is 0 Å². The maximum atomic E-state index is 3.27. The molecule has 10 heavy (non-hydrogen) atoms. The van der Waals surface area contributed by atoms with E-state index in [-0.39, 0.29) is 0 Å². The van der Waals surface area contributed by atoms with Crippen molar-refractivity contribution in [3.8, 4) is 0 Å². The Labute approximate surface area is 64.6 Å². The summed E-state index contributed by atoms with van der Waals surface area (Å²) >= 11 is 0. The monoisotopic (exact) mass is 138 g/mol. The van der Waals surface area contributed by atoms with Gasteiger partial charge in [-0.3, -0.25) is 0 Å². The van der Waals surface area contributed by atoms with Crippen LogP contribution in [0.1, 0.15) is 40.5 Å². The lowest BCUT2D eigenvalue weighted by Gasteiger charge is -1.95. The lowest BCUT2D eigenvalue weighted by Crippen LogP contribution is -1.82. The predicted octanol–water partition coefficient (Wildman–Crippen LogP) is 3.54. The molecule has 0 bridgehead atoms. The van der Waals surface area contributed by atoms with Gasteiger partial charge in [-0.1, -0.05) is 20.8 Å². The Kier molecular flexibility index (Phi) is 5.06. The average molecular weight is 138 g/mol. The molecule has 0 aromatic heterocycles. The Morgan fingerprint density at radius 2 is 2.10 bits per heavy atom. The second-order valence-corrected chi connectivity index (χ2v) is 2.83. The third-order valence-electron chi connectivity index (χ3n) is 1.79. The van der Waals surface area contributed by atoms with Gasteiger partial charge in [0.25, 0.3) is 0 Å². The Morgan fingerprint density at radius 3 is 2.50 bits per heavy atom. The van der Waals surface area contributed by atoms with Crippen molar-refractivity contribution in [2.75, 3.05) is 0 Å². The number of hydrogen-bond donors (Lipinski definition) is 0. The molecule has 0 rings (SSSR count). The van der Waals surface area contributed by atoms with E-state index >= 15 is 0 Å². The van der Waals surface area contributed by atoms with Crippen LogP contribution in [0.2, 0.25) is 0 Å². The standard InChI is InChI=1S/C10H18/c1-5-9(3)7-8-10(4)6-2/h7,9H,5-6H2,1-4H3. The van der Waals surface area contributed by atoms with Gasteiger partial charge in [0.05, 0.1) is 0 Å². The third kappa shape index (κ3) is 4.40. The summed E-state index contributed by atoms with van der Waals surface area (Å²) in [5.41, 5.74) is 4.62. The zero-order chi connectivity index (χ0) is 7.98. The van der Waals surface area contributed by atoms with Gasteiger partial charge < -0.3 is 0 Å². The highest BCUT2D eigenvalue weighted by molar-refractivity contribution is 4.98. The molecule has 0 heteroatoms. The summed E-state index contributed by atoms with van der Waals surface area (Å²) < 4.78 is 0. The van der Waals surface area contributed by atoms with Crippen LogP contribution in [0, 0.1) is 5.92 Å². The molecule has 0 radical (unpaired) electrons. The lowest BCUT2D eigenvalue weighted by molar-refractivity contribution is 0.698. The maximum Gasteiger partial charge on any atom is -0.0189 e. The first kappa shape index (κ1) is 9.52. The molecule has 0 saturated carbocycles. The Bertz CT molecular complexity index is 136. The van der Waals surface area contributed by atoms with Crippen LogP contribution in [0.4, 0.5) is 0 Å². The fourth-order valence-electron chi connectivity index (χ4n) is 0.504. The Morgan fingerprint density at radius 1 is 1.50 bits per heavy atom. The van der Waals surface area contributed by atoms with Crippen LogP contribution in [0.5, 0.6) is 0 Å². The van der Waals surface area contributed by atoms with Crippen LogP contribution in [0.15, 0.2) is 17.4 Å². The molecule has 0 aliphatic rings. The number of hydrogen-bond acceptors (Lipinski definition) is 0. The molecule has 0 saturated heterocycles. The molecule has 0 aromatic carbocycles. The smallest absolute Gasteiger partial charge is 0.0189 e. The number of allylic oxidation sites excluding steroid dienone is 1. The topological polar surface area (TPSA) is 0 Å². The minimum absolute atomic E-state index is 0.682. The minimum Gasteiger partial charge on any atom is -0.126 e. The van der Waals surface area contributed by atoms with Crippen molar-refractivity contribution in [3.05, 3.63) is 17.4 Å². The van der Waals surface area contributed by atoms with Crippen molar-refractivity contribution in [1.29, 1.82) is 0 Å². The van der Waals surface area contributed by atoms with Gasteiger partial charge in [0.2, 0.25) is 0 Å². The lowest BCUT2D eigenvalue weighted by atomic mass is 10.1. The highest BCUT2D eigenvalue weighted by Gasteiger charge is 1.88. The van der Waals surface area contributed by atoms with E-state index < -0.39 is 0 Å². The van der Waals surface area contributed by atoms with E-state index in [1.807, 2.05) is 0 Å². The second kappa shape index (κ2) is 5.32. The van der Waals surface area contributed by atoms with E-state index in [4.69, 9.17) is 0 Å². The molecule has 0 heterocycles. The first-order valence-electron chi connectivity index (χ1n) is 4.13. The molecule has 0 nitrogen and oxygen atoms in total. The first-order chi connectivity index (χ1) is 4.70. The molecule has 1 atom stereocenters. The van der Waals surface area contributed by atoms with Gasteiger partial charge in [-0.25, -0.2) is 0 Å². The summed E-state index contributed by atoms with van der Waals surface area (Å²) in [6.07, 6.45) is 4.50. The second-order valence-electron chi connectivity index (χ2n) is 2.83. The van der Waals surface area contributed by atoms with Gasteiger partial charge in [0, 0.05) is 0 Å². The molecule has 0 aliphatic carbocycles. The zero-order valence-corrected chi connectivity index (χ0v) is 7.57. The van der Waals surface area contributed by atoms with Gasteiger partial charge in [0.1, 0.15) is 0 Å². The van der Waals surface area contributed by atoms with Crippen molar-refractivity contribution >= 4 is 0 Å². The molecule has 0 N–H and O–H groups in total. The molecule has 0 fully saturated rings. The van der Waals surface area contributed by atoms with Crippen molar-refractivity contribution in [2.45, 2.75) is 40.5 Å². The molecule has 0 aliphatic heterocycles. The summed E-state index contributed by atoms with van der Waals surface area (Å²) in [4.78, 5) is 0. The number of rotatable bonds is 3. The first-order valence-corrected chi connectivity index (χ1v) is 4.13. The van der Waals surface area contributed by atoms with Gasteiger partial charge in [-0.15, -0.1) is 5.73 Å². The molecule has 0 amide bonds. The van der Waals surface area contributed by atoms with Crippen molar-refractivity contribution < 1.29 is 0 Å². The highest BCUT2D eigenvalue weighted by Crippen LogP contribution is 2.02. The summed E-state index contributed by atoms with van der Waals surface area (Å²) in [5.74, 6) is 0.682. The van der Waals surface area contributed by atoms with Crippen molar-refractivity contribution in [2.24, 2.45) is 5.92 Å². The molecule has 0 aromatic rings. The van der Waals surface area contributed by atoms with Crippen LogP contribution in [-0.2, 0) is 0 Å². The normalized spacial score (nSPS) is 12.0. The van der Waals surface area contributed by atoms with Crippen LogP contribution in [0.25, 0.3) is 0 Å². The SMILES string of the molecule is CCC(C)=C=CC(C)CC. The van der Waals surface area contributed by atoms with Crippen molar-refractivity contribution in [3.63, 3.8) is 0 Å². The van der Waals surface area contributed by atoms with Crippen LogP contribution in [-0.4, -0.2) is 0 Å². The summed E-state index contributed by atoms with van der Waals surface area (Å²) in [5, 5.41) is 0. The molecule has 1 unspecified atom stereocenters. The Balaban J connectivity index is 3.94. The highest BCUT2D eigenvalue weighted by atomic mass is 13.9. The van der Waals surface area contributed by atoms with Gasteiger partial charge in [-0.05, 0) is 37.3 Å². The van der Waals surface area contributed by atoms with E-state index in [0.717, 1.165) is 6.42 Å². The summed E-state index contributed by atoms with van der Waals surface area (Å²) in [7, 11) is 0. The van der Waals surface area contributed by atoms with Gasteiger partial charge in [-0.2, -0.15) is 0 Å². The maximum absolute atomic E-state index is 3.27. The van der Waals surface area contributed by atoms with Crippen molar-refractivity contribution in [1.82, 2.24) is 0 Å². The zero-order valence-electron chi connectivity index (χ0n) is 7.57. The summed E-state index contributed by atoms with van der Waals surface area (Å²) in [6, 6.07) is 0. The summed E-state index contributed by atoms with van der Waals surface area (Å²) in [6.45, 7) is 8.70. The van der Waals surface area contributed by atoms with Crippen LogP contribution >= 0.6 is 0 Å². The van der Waals surface area contributed by atoms with Gasteiger partial charge >= 0.3 is 0 Å². The molecule has 58 valence electrons. The quantitative estimate of drug-likeness (QED) is 0.523. The van der Waals surface area contributed by atoms with Crippen LogP contribution in [0.3, 0.4) is 0 Å². The molecular formula is C10H18.